The van der Waals surface area contributed by atoms with E-state index in [0.29, 0.717) is 23.0 Å². The van der Waals surface area contributed by atoms with Gasteiger partial charge >= 0.3 is 0 Å². The molecule has 0 spiro atoms. The van der Waals surface area contributed by atoms with E-state index in [1.165, 1.54) is 12.0 Å². The SMILES string of the molecule is CCCNC(=O)[C@H](Cc1ccccc1)N(Cc1ccc(Cl)cc1)C(=O)CN(c1ccc(OC)cc1)S(C)(=O)=O. The van der Waals surface area contributed by atoms with Crippen molar-refractivity contribution in [1.82, 2.24) is 10.2 Å². The molecule has 1 N–H and O–H groups in total. The van der Waals surface area contributed by atoms with Crippen LogP contribution >= 0.6 is 11.6 Å². The van der Waals surface area contributed by atoms with Gasteiger partial charge in [-0.05, 0) is 53.9 Å². The number of amides is 2. The number of carbonyl (C=O) groups is 2. The van der Waals surface area contributed by atoms with Crippen molar-refractivity contribution in [2.75, 3.05) is 30.8 Å². The van der Waals surface area contributed by atoms with Crippen LogP contribution in [0.5, 0.6) is 5.75 Å². The first-order valence-corrected chi connectivity index (χ1v) is 14.8. The van der Waals surface area contributed by atoms with Crippen molar-refractivity contribution >= 4 is 39.1 Å². The van der Waals surface area contributed by atoms with Gasteiger partial charge < -0.3 is 15.0 Å². The Hall–Kier alpha value is -3.56. The summed E-state index contributed by atoms with van der Waals surface area (Å²) in [6.07, 6.45) is 2.04. The Morgan fingerprint density at radius 2 is 1.59 bits per heavy atom. The zero-order chi connectivity index (χ0) is 28.4. The Morgan fingerprint density at radius 3 is 2.15 bits per heavy atom. The number of methoxy groups -OCH3 is 1. The fourth-order valence-electron chi connectivity index (χ4n) is 4.07. The smallest absolute Gasteiger partial charge is 0.244 e. The first kappa shape index (κ1) is 30.0. The van der Waals surface area contributed by atoms with Crippen LogP contribution in [0.2, 0.25) is 5.02 Å². The number of sulfonamides is 1. The largest absolute Gasteiger partial charge is 0.497 e. The molecule has 1 atom stereocenters. The van der Waals surface area contributed by atoms with E-state index in [2.05, 4.69) is 5.32 Å². The lowest BCUT2D eigenvalue weighted by Gasteiger charge is -2.33. The minimum absolute atomic E-state index is 0.0905. The van der Waals surface area contributed by atoms with Crippen molar-refractivity contribution in [1.29, 1.82) is 0 Å². The number of ether oxygens (including phenoxy) is 1. The molecule has 39 heavy (non-hydrogen) atoms. The number of nitrogens with one attached hydrogen (secondary N) is 1. The number of anilines is 1. The van der Waals surface area contributed by atoms with Crippen molar-refractivity contribution in [3.8, 4) is 5.75 Å². The van der Waals surface area contributed by atoms with E-state index in [1.807, 2.05) is 37.3 Å². The molecule has 208 valence electrons. The predicted octanol–water partition coefficient (Wildman–Crippen LogP) is 4.28. The molecular weight excluding hydrogens is 538 g/mol. The Balaban J connectivity index is 2.02. The van der Waals surface area contributed by atoms with Crippen molar-refractivity contribution in [3.05, 3.63) is 95.0 Å². The number of halogens is 1. The number of benzene rings is 3. The summed E-state index contributed by atoms with van der Waals surface area (Å²) in [4.78, 5) is 28.9. The summed E-state index contributed by atoms with van der Waals surface area (Å²) in [5.74, 6) is -0.268. The van der Waals surface area contributed by atoms with E-state index in [9.17, 15) is 18.0 Å². The molecule has 8 nitrogen and oxygen atoms in total. The second-order valence-electron chi connectivity index (χ2n) is 9.11. The monoisotopic (exact) mass is 571 g/mol. The first-order chi connectivity index (χ1) is 18.6. The van der Waals surface area contributed by atoms with Crippen LogP contribution in [0.3, 0.4) is 0 Å². The van der Waals surface area contributed by atoms with Gasteiger partial charge in [0.2, 0.25) is 21.8 Å². The molecule has 3 aromatic carbocycles. The number of hydrogen-bond donors (Lipinski definition) is 1. The summed E-state index contributed by atoms with van der Waals surface area (Å²) in [7, 11) is -2.32. The maximum atomic E-state index is 14.0. The van der Waals surface area contributed by atoms with Crippen molar-refractivity contribution < 1.29 is 22.7 Å². The van der Waals surface area contributed by atoms with Gasteiger partial charge in [0.25, 0.3) is 0 Å². The van der Waals surface area contributed by atoms with Gasteiger partial charge in [-0.3, -0.25) is 13.9 Å². The molecule has 0 aliphatic rings. The Labute approximate surface area is 235 Å². The van der Waals surface area contributed by atoms with Crippen molar-refractivity contribution in [3.63, 3.8) is 0 Å². The summed E-state index contributed by atoms with van der Waals surface area (Å²) in [6, 6.07) is 21.9. The van der Waals surface area contributed by atoms with Crippen LogP contribution in [0.4, 0.5) is 5.69 Å². The summed E-state index contributed by atoms with van der Waals surface area (Å²) >= 11 is 6.07. The molecule has 0 unspecified atom stereocenters. The molecule has 0 heterocycles. The topological polar surface area (TPSA) is 96.0 Å². The minimum Gasteiger partial charge on any atom is -0.497 e. The lowest BCUT2D eigenvalue weighted by atomic mass is 10.0. The van der Waals surface area contributed by atoms with Gasteiger partial charge in [-0.1, -0.05) is 61.0 Å². The zero-order valence-electron chi connectivity index (χ0n) is 22.3. The highest BCUT2D eigenvalue weighted by Crippen LogP contribution is 2.23. The highest BCUT2D eigenvalue weighted by Gasteiger charge is 2.32. The minimum atomic E-state index is -3.84. The maximum Gasteiger partial charge on any atom is 0.244 e. The van der Waals surface area contributed by atoms with Gasteiger partial charge in [-0.15, -0.1) is 0 Å². The quantitative estimate of drug-likeness (QED) is 0.330. The van der Waals surface area contributed by atoms with E-state index < -0.39 is 28.5 Å². The highest BCUT2D eigenvalue weighted by molar-refractivity contribution is 7.92. The van der Waals surface area contributed by atoms with E-state index in [1.54, 1.807) is 48.5 Å². The average molecular weight is 572 g/mol. The van der Waals surface area contributed by atoms with Crippen LogP contribution in [0.15, 0.2) is 78.9 Å². The highest BCUT2D eigenvalue weighted by atomic mass is 35.5. The lowest BCUT2D eigenvalue weighted by molar-refractivity contribution is -0.140. The molecule has 0 aliphatic heterocycles. The molecular formula is C29H34ClN3O5S. The molecule has 0 radical (unpaired) electrons. The van der Waals surface area contributed by atoms with Gasteiger partial charge in [-0.25, -0.2) is 8.42 Å². The van der Waals surface area contributed by atoms with E-state index in [-0.39, 0.29) is 18.9 Å². The fraction of sp³-hybridized carbons (Fsp3) is 0.310. The van der Waals surface area contributed by atoms with E-state index in [0.717, 1.165) is 28.1 Å². The Morgan fingerprint density at radius 1 is 0.949 bits per heavy atom. The third kappa shape index (κ3) is 8.73. The molecule has 0 aliphatic carbocycles. The number of nitrogens with zero attached hydrogens (tertiary/aromatic N) is 2. The second-order valence-corrected chi connectivity index (χ2v) is 11.5. The molecule has 0 bridgehead atoms. The van der Waals surface area contributed by atoms with Crippen LogP contribution in [0.25, 0.3) is 0 Å². The van der Waals surface area contributed by atoms with Gasteiger partial charge in [-0.2, -0.15) is 0 Å². The van der Waals surface area contributed by atoms with E-state index >= 15 is 0 Å². The third-order valence-corrected chi connectivity index (χ3v) is 7.52. The number of rotatable bonds is 13. The van der Waals surface area contributed by atoms with Crippen LogP contribution in [-0.2, 0) is 32.6 Å². The lowest BCUT2D eigenvalue weighted by Crippen LogP contribution is -2.53. The van der Waals surface area contributed by atoms with Crippen LogP contribution in [0.1, 0.15) is 24.5 Å². The summed E-state index contributed by atoms with van der Waals surface area (Å²) in [6.45, 7) is 2.01. The Kier molecular flexibility index (Phi) is 10.8. The van der Waals surface area contributed by atoms with E-state index in [4.69, 9.17) is 16.3 Å². The van der Waals surface area contributed by atoms with Crippen LogP contribution < -0.4 is 14.4 Å². The van der Waals surface area contributed by atoms with Crippen LogP contribution in [0, 0.1) is 0 Å². The third-order valence-electron chi connectivity index (χ3n) is 6.13. The van der Waals surface area contributed by atoms with Crippen molar-refractivity contribution in [2.24, 2.45) is 0 Å². The molecule has 3 aromatic rings. The van der Waals surface area contributed by atoms with Gasteiger partial charge in [0.05, 0.1) is 19.1 Å². The average Bonchev–Trinajstić information content (AvgIpc) is 2.93. The van der Waals surface area contributed by atoms with Crippen molar-refractivity contribution in [2.45, 2.75) is 32.4 Å². The number of carbonyl (C=O) groups excluding carboxylic acids is 2. The summed E-state index contributed by atoms with van der Waals surface area (Å²) < 4.78 is 31.8. The molecule has 0 fully saturated rings. The summed E-state index contributed by atoms with van der Waals surface area (Å²) in [5.41, 5.74) is 1.94. The maximum absolute atomic E-state index is 14.0. The standard InChI is InChI=1S/C29H34ClN3O5S/c1-4-18-31-29(35)27(19-22-8-6-5-7-9-22)32(20-23-10-12-24(30)13-11-23)28(34)21-33(39(3,36)37)25-14-16-26(38-2)17-15-25/h5-17,27H,4,18-21H2,1-3H3,(H,31,35)/t27-/m0/s1. The first-order valence-electron chi connectivity index (χ1n) is 12.6. The van der Waals surface area contributed by atoms with Crippen LogP contribution in [-0.4, -0.2) is 57.6 Å². The molecule has 2 amide bonds. The zero-order valence-corrected chi connectivity index (χ0v) is 23.9. The van der Waals surface area contributed by atoms with Gasteiger partial charge in [0.1, 0.15) is 18.3 Å². The molecule has 0 saturated carbocycles. The molecule has 0 saturated heterocycles. The van der Waals surface area contributed by atoms with Gasteiger partial charge in [0.15, 0.2) is 0 Å². The number of hydrogen-bond acceptors (Lipinski definition) is 5. The normalized spacial score (nSPS) is 11.9. The Bertz CT molecular complexity index is 1330. The fourth-order valence-corrected chi connectivity index (χ4v) is 5.04. The molecule has 0 aromatic heterocycles. The van der Waals surface area contributed by atoms with Gasteiger partial charge in [0, 0.05) is 24.5 Å². The molecule has 3 rings (SSSR count). The predicted molar refractivity (Wildman–Crippen MR) is 154 cm³/mol. The second kappa shape index (κ2) is 14.0. The summed E-state index contributed by atoms with van der Waals surface area (Å²) in [5, 5.41) is 3.45. The molecule has 10 heteroatoms.